The Labute approximate surface area is 174 Å². The second kappa shape index (κ2) is 8.04. The summed E-state index contributed by atoms with van der Waals surface area (Å²) in [6, 6.07) is 14.0. The molecule has 146 valence electrons. The number of carbonyl (C=O) groups excluding carboxylic acids is 1. The maximum Gasteiger partial charge on any atom is 0.281 e. The number of benzene rings is 2. The number of hydrazine groups is 1. The van der Waals surface area contributed by atoms with Gasteiger partial charge in [-0.1, -0.05) is 53.8 Å². The highest BCUT2D eigenvalue weighted by atomic mass is 32.2. The first kappa shape index (κ1) is 20.5. The Morgan fingerprint density at radius 1 is 1.14 bits per heavy atom. The summed E-state index contributed by atoms with van der Waals surface area (Å²) >= 11 is 6.27. The number of sulfonamides is 1. The molecule has 6 nitrogen and oxygen atoms in total. The SMILES string of the molecule is Cc1ccc(S(=O)(=O)NN2C(=O)/C(=C\c3cccc(N(C)C)c3)SC2=S)cc1. The van der Waals surface area contributed by atoms with Gasteiger partial charge in [-0.3, -0.25) is 4.79 Å². The fraction of sp³-hybridized carbons (Fsp3) is 0.158. The number of anilines is 1. The van der Waals surface area contributed by atoms with Crippen molar-refractivity contribution in [1.29, 1.82) is 0 Å². The Morgan fingerprint density at radius 3 is 2.46 bits per heavy atom. The number of amides is 1. The lowest BCUT2D eigenvalue weighted by molar-refractivity contribution is -0.123. The summed E-state index contributed by atoms with van der Waals surface area (Å²) in [6.07, 6.45) is 1.70. The smallest absolute Gasteiger partial charge is 0.281 e. The molecule has 0 aromatic heterocycles. The van der Waals surface area contributed by atoms with E-state index < -0.39 is 15.9 Å². The molecular formula is C19H19N3O3S3. The van der Waals surface area contributed by atoms with Crippen molar-refractivity contribution in [3.05, 3.63) is 64.6 Å². The van der Waals surface area contributed by atoms with Crippen LogP contribution in [-0.2, 0) is 14.8 Å². The number of thioether (sulfide) groups is 1. The molecular weight excluding hydrogens is 414 g/mol. The number of nitrogens with one attached hydrogen (secondary N) is 1. The van der Waals surface area contributed by atoms with E-state index in [1.807, 2.05) is 50.2 Å². The van der Waals surface area contributed by atoms with Crippen molar-refractivity contribution in [2.24, 2.45) is 0 Å². The third-order valence-corrected chi connectivity index (χ3v) is 6.64. The van der Waals surface area contributed by atoms with Crippen LogP contribution in [0.5, 0.6) is 0 Å². The van der Waals surface area contributed by atoms with E-state index in [2.05, 4.69) is 4.83 Å². The number of hydrogen-bond acceptors (Lipinski definition) is 6. The summed E-state index contributed by atoms with van der Waals surface area (Å²) < 4.78 is 25.3. The van der Waals surface area contributed by atoms with E-state index in [1.165, 1.54) is 12.1 Å². The van der Waals surface area contributed by atoms with Gasteiger partial charge in [0.1, 0.15) is 0 Å². The summed E-state index contributed by atoms with van der Waals surface area (Å²) in [7, 11) is -0.0621. The maximum absolute atomic E-state index is 12.7. The van der Waals surface area contributed by atoms with Crippen molar-refractivity contribution in [1.82, 2.24) is 9.84 Å². The van der Waals surface area contributed by atoms with Crippen LogP contribution >= 0.6 is 24.0 Å². The molecule has 0 bridgehead atoms. The number of nitrogens with zero attached hydrogens (tertiary/aromatic N) is 2. The third kappa shape index (κ3) is 4.44. The lowest BCUT2D eigenvalue weighted by Crippen LogP contribution is -2.44. The predicted octanol–water partition coefficient (Wildman–Crippen LogP) is 3.16. The van der Waals surface area contributed by atoms with Gasteiger partial charge in [0.15, 0.2) is 4.32 Å². The Hall–Kier alpha value is -2.20. The van der Waals surface area contributed by atoms with Crippen molar-refractivity contribution < 1.29 is 13.2 Å². The Balaban J connectivity index is 1.84. The van der Waals surface area contributed by atoms with E-state index in [0.29, 0.717) is 4.91 Å². The fourth-order valence-corrected chi connectivity index (χ4v) is 4.79. The van der Waals surface area contributed by atoms with Crippen LogP contribution in [0.3, 0.4) is 0 Å². The van der Waals surface area contributed by atoms with Gasteiger partial charge in [0, 0.05) is 19.8 Å². The number of rotatable bonds is 5. The van der Waals surface area contributed by atoms with Crippen molar-refractivity contribution in [2.75, 3.05) is 19.0 Å². The molecule has 3 rings (SSSR count). The number of thiocarbonyl (C=S) groups is 1. The molecule has 1 N–H and O–H groups in total. The number of hydrogen-bond donors (Lipinski definition) is 1. The number of carbonyl (C=O) groups is 1. The van der Waals surface area contributed by atoms with E-state index in [4.69, 9.17) is 12.2 Å². The van der Waals surface area contributed by atoms with Crippen molar-refractivity contribution in [3.8, 4) is 0 Å². The standard InChI is InChI=1S/C19H19N3O3S3/c1-13-7-9-16(10-8-13)28(24,25)20-22-18(23)17(27-19(22)26)12-14-5-4-6-15(11-14)21(2)3/h4-12,20H,1-3H3/b17-12+. The van der Waals surface area contributed by atoms with Gasteiger partial charge >= 0.3 is 0 Å². The molecule has 2 aromatic carbocycles. The minimum atomic E-state index is -3.92. The van der Waals surface area contributed by atoms with E-state index in [9.17, 15) is 13.2 Å². The summed E-state index contributed by atoms with van der Waals surface area (Å²) in [4.78, 5) is 17.4. The molecule has 1 aliphatic rings. The van der Waals surface area contributed by atoms with Crippen molar-refractivity contribution >= 4 is 56.0 Å². The minimum absolute atomic E-state index is 0.0646. The van der Waals surface area contributed by atoms with Gasteiger partial charge in [-0.2, -0.15) is 0 Å². The van der Waals surface area contributed by atoms with Crippen LogP contribution < -0.4 is 9.73 Å². The van der Waals surface area contributed by atoms with Crippen LogP contribution in [0.15, 0.2) is 58.3 Å². The van der Waals surface area contributed by atoms with E-state index in [1.54, 1.807) is 18.2 Å². The normalized spacial score (nSPS) is 16.1. The van der Waals surface area contributed by atoms with Crippen LogP contribution in [0, 0.1) is 6.92 Å². The van der Waals surface area contributed by atoms with Gasteiger partial charge in [0.25, 0.3) is 15.9 Å². The molecule has 1 heterocycles. The molecule has 1 saturated heterocycles. The molecule has 2 aromatic rings. The molecule has 9 heteroatoms. The monoisotopic (exact) mass is 433 g/mol. The van der Waals surface area contributed by atoms with E-state index in [-0.39, 0.29) is 9.22 Å². The number of aryl methyl sites for hydroxylation is 1. The van der Waals surface area contributed by atoms with E-state index in [0.717, 1.165) is 33.6 Å². The molecule has 0 unspecified atom stereocenters. The van der Waals surface area contributed by atoms with Crippen LogP contribution in [-0.4, -0.2) is 37.7 Å². The largest absolute Gasteiger partial charge is 0.378 e. The molecule has 0 spiro atoms. The molecule has 28 heavy (non-hydrogen) atoms. The highest BCUT2D eigenvalue weighted by Crippen LogP contribution is 2.32. The Morgan fingerprint density at radius 2 is 1.82 bits per heavy atom. The molecule has 0 radical (unpaired) electrons. The molecule has 0 atom stereocenters. The first-order valence-electron chi connectivity index (χ1n) is 8.32. The predicted molar refractivity (Wildman–Crippen MR) is 117 cm³/mol. The summed E-state index contributed by atoms with van der Waals surface area (Å²) in [5.41, 5.74) is 2.75. The van der Waals surface area contributed by atoms with Crippen LogP contribution in [0.2, 0.25) is 0 Å². The van der Waals surface area contributed by atoms with Gasteiger partial charge in [-0.15, -0.1) is 4.83 Å². The zero-order valence-electron chi connectivity index (χ0n) is 15.5. The lowest BCUT2D eigenvalue weighted by atomic mass is 10.2. The molecule has 1 fully saturated rings. The maximum atomic E-state index is 12.7. The molecule has 0 saturated carbocycles. The van der Waals surface area contributed by atoms with Gasteiger partial charge in [-0.05, 0) is 42.8 Å². The molecule has 0 aliphatic carbocycles. The van der Waals surface area contributed by atoms with E-state index >= 15 is 0 Å². The lowest BCUT2D eigenvalue weighted by Gasteiger charge is -2.16. The summed E-state index contributed by atoms with van der Waals surface area (Å²) in [5, 5.41) is 0.900. The third-order valence-electron chi connectivity index (χ3n) is 4.02. The average Bonchev–Trinajstić information content (AvgIpc) is 2.89. The van der Waals surface area contributed by atoms with Crippen LogP contribution in [0.4, 0.5) is 5.69 Å². The quantitative estimate of drug-likeness (QED) is 0.577. The van der Waals surface area contributed by atoms with Gasteiger partial charge < -0.3 is 4.90 Å². The molecule has 1 amide bonds. The summed E-state index contributed by atoms with van der Waals surface area (Å²) in [6.45, 7) is 1.86. The molecule has 1 aliphatic heterocycles. The van der Waals surface area contributed by atoms with Crippen molar-refractivity contribution in [3.63, 3.8) is 0 Å². The Kier molecular flexibility index (Phi) is 5.90. The zero-order valence-corrected chi connectivity index (χ0v) is 18.0. The van der Waals surface area contributed by atoms with Crippen molar-refractivity contribution in [2.45, 2.75) is 11.8 Å². The van der Waals surface area contributed by atoms with Gasteiger partial charge in [0.05, 0.1) is 9.80 Å². The van der Waals surface area contributed by atoms with Gasteiger partial charge in [0.2, 0.25) is 0 Å². The first-order valence-corrected chi connectivity index (χ1v) is 11.0. The van der Waals surface area contributed by atoms with Crippen LogP contribution in [0.1, 0.15) is 11.1 Å². The highest BCUT2D eigenvalue weighted by Gasteiger charge is 2.35. The average molecular weight is 434 g/mol. The minimum Gasteiger partial charge on any atom is -0.378 e. The Bertz CT molecular complexity index is 1060. The fourth-order valence-electron chi connectivity index (χ4n) is 2.48. The van der Waals surface area contributed by atoms with Crippen LogP contribution in [0.25, 0.3) is 6.08 Å². The second-order valence-electron chi connectivity index (χ2n) is 6.41. The summed E-state index contributed by atoms with van der Waals surface area (Å²) in [5.74, 6) is -0.499. The topological polar surface area (TPSA) is 69.7 Å². The van der Waals surface area contributed by atoms with Gasteiger partial charge in [-0.25, -0.2) is 13.4 Å². The highest BCUT2D eigenvalue weighted by molar-refractivity contribution is 8.26. The second-order valence-corrected chi connectivity index (χ2v) is 9.75. The first-order chi connectivity index (χ1) is 13.2. The zero-order chi connectivity index (χ0) is 20.5.